The zero-order valence-corrected chi connectivity index (χ0v) is 15.0. The molecule has 0 aromatic heterocycles. The quantitative estimate of drug-likeness (QED) is 0.528. The first-order valence-electron chi connectivity index (χ1n) is 8.57. The third-order valence-electron chi connectivity index (χ3n) is 3.95. The highest BCUT2D eigenvalue weighted by atomic mass is 16.5. The molecule has 0 atom stereocenters. The number of benzene rings is 3. The molecule has 3 rings (SSSR count). The Morgan fingerprint density at radius 2 is 1.38 bits per heavy atom. The van der Waals surface area contributed by atoms with E-state index in [4.69, 9.17) is 4.74 Å². The van der Waals surface area contributed by atoms with Crippen LogP contribution in [0.1, 0.15) is 30.5 Å². The van der Waals surface area contributed by atoms with Crippen molar-refractivity contribution >= 4 is 0 Å². The molecule has 0 unspecified atom stereocenters. The summed E-state index contributed by atoms with van der Waals surface area (Å²) in [7, 11) is 0. The minimum Gasteiger partial charge on any atom is -0.489 e. The summed E-state index contributed by atoms with van der Waals surface area (Å²) in [4.78, 5) is 0. The standard InChI is InChI=1S/C21H20O.C2H6/c1-16-11-13-20(14-12-16)22-15-19-9-6-10-21(17(19)2)18-7-4-3-5-8-18;1-2/h3-14H,15H2,1-2H3;1-2H3. The molecule has 0 aliphatic carbocycles. The van der Waals surface area contributed by atoms with Gasteiger partial charge in [-0.25, -0.2) is 0 Å². The second-order valence-electron chi connectivity index (χ2n) is 5.56. The third kappa shape index (κ3) is 4.48. The maximum absolute atomic E-state index is 5.92. The van der Waals surface area contributed by atoms with E-state index < -0.39 is 0 Å². The first kappa shape index (κ1) is 17.8. The van der Waals surface area contributed by atoms with Crippen LogP contribution in [0.15, 0.2) is 72.8 Å². The van der Waals surface area contributed by atoms with Crippen molar-refractivity contribution < 1.29 is 4.74 Å². The minimum absolute atomic E-state index is 0.593. The molecule has 3 aromatic rings. The summed E-state index contributed by atoms with van der Waals surface area (Å²) in [5.74, 6) is 0.912. The van der Waals surface area contributed by atoms with Crippen LogP contribution in [0.2, 0.25) is 0 Å². The Kier molecular flexibility index (Phi) is 6.62. The zero-order chi connectivity index (χ0) is 17.4. The second-order valence-corrected chi connectivity index (χ2v) is 5.56. The molecular formula is C23H26O. The van der Waals surface area contributed by atoms with Crippen molar-refractivity contribution in [2.75, 3.05) is 0 Å². The van der Waals surface area contributed by atoms with Gasteiger partial charge in [0, 0.05) is 0 Å². The topological polar surface area (TPSA) is 9.23 Å². The maximum atomic E-state index is 5.92. The lowest BCUT2D eigenvalue weighted by molar-refractivity contribution is 0.305. The maximum Gasteiger partial charge on any atom is 0.119 e. The van der Waals surface area contributed by atoms with Crippen LogP contribution in [0.3, 0.4) is 0 Å². The van der Waals surface area contributed by atoms with E-state index in [1.54, 1.807) is 0 Å². The molecule has 3 aromatic carbocycles. The molecular weight excluding hydrogens is 292 g/mol. The van der Waals surface area contributed by atoms with Gasteiger partial charge in [-0.1, -0.05) is 80.1 Å². The van der Waals surface area contributed by atoms with E-state index in [-0.39, 0.29) is 0 Å². The van der Waals surface area contributed by atoms with Gasteiger partial charge in [-0.2, -0.15) is 0 Å². The van der Waals surface area contributed by atoms with Gasteiger partial charge in [0.2, 0.25) is 0 Å². The summed E-state index contributed by atoms with van der Waals surface area (Å²) >= 11 is 0. The van der Waals surface area contributed by atoms with Crippen LogP contribution in [0.4, 0.5) is 0 Å². The van der Waals surface area contributed by atoms with Crippen molar-refractivity contribution in [1.29, 1.82) is 0 Å². The Bertz CT molecular complexity index is 743. The van der Waals surface area contributed by atoms with Crippen molar-refractivity contribution in [2.45, 2.75) is 34.3 Å². The van der Waals surface area contributed by atoms with Crippen molar-refractivity contribution in [2.24, 2.45) is 0 Å². The molecule has 0 radical (unpaired) electrons. The number of ether oxygens (including phenoxy) is 1. The molecule has 0 fully saturated rings. The first-order valence-corrected chi connectivity index (χ1v) is 8.57. The summed E-state index contributed by atoms with van der Waals surface area (Å²) in [6.45, 7) is 8.84. The molecule has 0 bridgehead atoms. The summed E-state index contributed by atoms with van der Waals surface area (Å²) in [5.41, 5.74) is 6.26. The molecule has 1 heteroatoms. The van der Waals surface area contributed by atoms with Crippen LogP contribution in [0.5, 0.6) is 5.75 Å². The van der Waals surface area contributed by atoms with Gasteiger partial charge >= 0.3 is 0 Å². The van der Waals surface area contributed by atoms with E-state index in [0.29, 0.717) is 6.61 Å². The zero-order valence-electron chi connectivity index (χ0n) is 15.0. The third-order valence-corrected chi connectivity index (χ3v) is 3.95. The summed E-state index contributed by atoms with van der Waals surface area (Å²) in [6, 6.07) is 25.1. The van der Waals surface area contributed by atoms with Crippen LogP contribution < -0.4 is 4.74 Å². The van der Waals surface area contributed by atoms with Crippen molar-refractivity contribution in [1.82, 2.24) is 0 Å². The van der Waals surface area contributed by atoms with Gasteiger partial charge in [0.1, 0.15) is 12.4 Å². The average Bonchev–Trinajstić information content (AvgIpc) is 2.65. The molecule has 0 saturated heterocycles. The van der Waals surface area contributed by atoms with Gasteiger partial charge in [0.05, 0.1) is 0 Å². The van der Waals surface area contributed by atoms with Gasteiger partial charge in [0.25, 0.3) is 0 Å². The lowest BCUT2D eigenvalue weighted by Crippen LogP contribution is -1.99. The van der Waals surface area contributed by atoms with E-state index >= 15 is 0 Å². The molecule has 0 heterocycles. The van der Waals surface area contributed by atoms with Crippen LogP contribution in [0, 0.1) is 13.8 Å². The summed E-state index contributed by atoms with van der Waals surface area (Å²) in [6.07, 6.45) is 0. The van der Waals surface area contributed by atoms with Crippen LogP contribution in [-0.4, -0.2) is 0 Å². The Labute approximate surface area is 145 Å². The lowest BCUT2D eigenvalue weighted by Gasteiger charge is -2.13. The average molecular weight is 318 g/mol. The molecule has 24 heavy (non-hydrogen) atoms. The highest BCUT2D eigenvalue weighted by Crippen LogP contribution is 2.26. The lowest BCUT2D eigenvalue weighted by atomic mass is 9.97. The summed E-state index contributed by atoms with van der Waals surface area (Å²) in [5, 5.41) is 0. The Morgan fingerprint density at radius 3 is 2.04 bits per heavy atom. The van der Waals surface area contributed by atoms with Crippen molar-refractivity contribution in [3.05, 3.63) is 89.5 Å². The fourth-order valence-corrected chi connectivity index (χ4v) is 2.57. The van der Waals surface area contributed by atoms with Gasteiger partial charge in [-0.05, 0) is 48.2 Å². The van der Waals surface area contributed by atoms with Crippen LogP contribution >= 0.6 is 0 Å². The Balaban J connectivity index is 0.00000100. The normalized spacial score (nSPS) is 9.83. The Hall–Kier alpha value is -2.54. The Morgan fingerprint density at radius 1 is 0.708 bits per heavy atom. The molecule has 0 N–H and O–H groups in total. The number of hydrogen-bond donors (Lipinski definition) is 0. The van der Waals surface area contributed by atoms with Gasteiger partial charge in [-0.15, -0.1) is 0 Å². The molecule has 0 amide bonds. The fraction of sp³-hybridized carbons (Fsp3) is 0.217. The second kappa shape index (κ2) is 8.93. The SMILES string of the molecule is CC.Cc1ccc(OCc2cccc(-c3ccccc3)c2C)cc1. The molecule has 1 nitrogen and oxygen atoms in total. The minimum atomic E-state index is 0.593. The van der Waals surface area contributed by atoms with E-state index in [1.807, 2.05) is 32.0 Å². The highest BCUT2D eigenvalue weighted by molar-refractivity contribution is 5.68. The molecule has 0 aliphatic heterocycles. The van der Waals surface area contributed by atoms with Crippen LogP contribution in [-0.2, 0) is 6.61 Å². The van der Waals surface area contributed by atoms with Gasteiger partial charge in [-0.3, -0.25) is 0 Å². The van der Waals surface area contributed by atoms with Crippen LogP contribution in [0.25, 0.3) is 11.1 Å². The first-order chi connectivity index (χ1) is 11.7. The highest BCUT2D eigenvalue weighted by Gasteiger charge is 2.06. The van der Waals surface area contributed by atoms with E-state index in [2.05, 4.69) is 68.4 Å². The number of hydrogen-bond acceptors (Lipinski definition) is 1. The van der Waals surface area contributed by atoms with E-state index in [9.17, 15) is 0 Å². The van der Waals surface area contributed by atoms with E-state index in [0.717, 1.165) is 5.75 Å². The largest absolute Gasteiger partial charge is 0.489 e. The van der Waals surface area contributed by atoms with E-state index in [1.165, 1.54) is 27.8 Å². The predicted octanol–water partition coefficient (Wildman–Crippen LogP) is 6.58. The van der Waals surface area contributed by atoms with Gasteiger partial charge in [0.15, 0.2) is 0 Å². The van der Waals surface area contributed by atoms with Crippen molar-refractivity contribution in [3.63, 3.8) is 0 Å². The smallest absolute Gasteiger partial charge is 0.119 e. The number of aryl methyl sites for hydroxylation is 1. The number of rotatable bonds is 4. The molecule has 0 saturated carbocycles. The fourth-order valence-electron chi connectivity index (χ4n) is 2.57. The van der Waals surface area contributed by atoms with Crippen molar-refractivity contribution in [3.8, 4) is 16.9 Å². The molecule has 0 spiro atoms. The molecule has 0 aliphatic rings. The van der Waals surface area contributed by atoms with Gasteiger partial charge < -0.3 is 4.74 Å². The molecule has 124 valence electrons. The monoisotopic (exact) mass is 318 g/mol. The summed E-state index contributed by atoms with van der Waals surface area (Å²) < 4.78 is 5.92. The predicted molar refractivity (Wildman–Crippen MR) is 103 cm³/mol.